The molecule has 1 saturated carbocycles. The van der Waals surface area contributed by atoms with Crippen LogP contribution in [0.3, 0.4) is 0 Å². The fourth-order valence-electron chi connectivity index (χ4n) is 3.66. The van der Waals surface area contributed by atoms with Gasteiger partial charge in [-0.05, 0) is 56.4 Å². The molecule has 150 valence electrons. The second-order valence-corrected chi connectivity index (χ2v) is 7.67. The molecule has 1 aromatic carbocycles. The Balaban J connectivity index is 1.60. The van der Waals surface area contributed by atoms with E-state index in [1.165, 1.54) is 20.1 Å². The summed E-state index contributed by atoms with van der Waals surface area (Å²) in [6.07, 6.45) is 6.17. The van der Waals surface area contributed by atoms with E-state index in [4.69, 9.17) is 14.2 Å². The molecule has 7 nitrogen and oxygen atoms in total. The second kappa shape index (κ2) is 7.66. The van der Waals surface area contributed by atoms with Crippen molar-refractivity contribution in [2.75, 3.05) is 13.7 Å². The largest absolute Gasteiger partial charge is 0.493 e. The van der Waals surface area contributed by atoms with Gasteiger partial charge in [-0.3, -0.25) is 14.4 Å². The molecule has 28 heavy (non-hydrogen) atoms. The Morgan fingerprint density at radius 2 is 1.93 bits per heavy atom. The van der Waals surface area contributed by atoms with Crippen LogP contribution in [-0.4, -0.2) is 37.1 Å². The highest BCUT2D eigenvalue weighted by Gasteiger charge is 2.54. The van der Waals surface area contributed by atoms with Crippen molar-refractivity contribution >= 4 is 23.9 Å². The van der Waals surface area contributed by atoms with Crippen LogP contribution in [0.25, 0.3) is 6.08 Å². The van der Waals surface area contributed by atoms with Gasteiger partial charge in [0.05, 0.1) is 12.5 Å². The van der Waals surface area contributed by atoms with Crippen LogP contribution in [0.4, 0.5) is 0 Å². The van der Waals surface area contributed by atoms with E-state index in [1.807, 2.05) is 6.92 Å². The number of benzene rings is 1. The molecule has 0 atom stereocenters. The number of methoxy groups -OCH3 is 1. The Bertz CT molecular complexity index is 820. The van der Waals surface area contributed by atoms with Crippen LogP contribution < -0.4 is 14.8 Å². The third-order valence-corrected chi connectivity index (χ3v) is 5.51. The van der Waals surface area contributed by atoms with Crippen molar-refractivity contribution in [3.63, 3.8) is 0 Å². The van der Waals surface area contributed by atoms with Crippen LogP contribution in [0.1, 0.15) is 45.1 Å². The minimum absolute atomic E-state index is 0.206. The van der Waals surface area contributed by atoms with Crippen LogP contribution in [0.2, 0.25) is 0 Å². The van der Waals surface area contributed by atoms with Crippen molar-refractivity contribution in [2.45, 2.75) is 45.1 Å². The van der Waals surface area contributed by atoms with Gasteiger partial charge in [0.2, 0.25) is 5.91 Å². The Morgan fingerprint density at radius 1 is 1.21 bits per heavy atom. The average Bonchev–Trinajstić information content (AvgIpc) is 2.66. The maximum Gasteiger partial charge on any atom is 0.314 e. The minimum atomic E-state index is -0.601. The molecule has 1 aromatic rings. The van der Waals surface area contributed by atoms with Crippen molar-refractivity contribution in [2.24, 2.45) is 5.41 Å². The molecule has 0 radical (unpaired) electrons. The smallest absolute Gasteiger partial charge is 0.314 e. The lowest BCUT2D eigenvalue weighted by molar-refractivity contribution is -0.199. The Morgan fingerprint density at radius 3 is 2.54 bits per heavy atom. The van der Waals surface area contributed by atoms with Crippen molar-refractivity contribution < 1.29 is 28.6 Å². The highest BCUT2D eigenvalue weighted by atomic mass is 16.6. The molecule has 3 fully saturated rings. The summed E-state index contributed by atoms with van der Waals surface area (Å²) in [5, 5.41) is 2.82. The predicted molar refractivity (Wildman–Crippen MR) is 102 cm³/mol. The summed E-state index contributed by atoms with van der Waals surface area (Å²) < 4.78 is 15.8. The molecule has 2 heterocycles. The molecule has 4 rings (SSSR count). The molecule has 7 heteroatoms. The van der Waals surface area contributed by atoms with Crippen molar-refractivity contribution in [3.8, 4) is 11.5 Å². The van der Waals surface area contributed by atoms with E-state index in [9.17, 15) is 14.4 Å². The summed E-state index contributed by atoms with van der Waals surface area (Å²) in [6.45, 7) is 3.56. The molecule has 0 spiro atoms. The summed E-state index contributed by atoms with van der Waals surface area (Å²) in [4.78, 5) is 35.6. The van der Waals surface area contributed by atoms with Gasteiger partial charge in [-0.2, -0.15) is 0 Å². The first kappa shape index (κ1) is 19.9. The number of hydrogen-bond acceptors (Lipinski definition) is 6. The van der Waals surface area contributed by atoms with Gasteiger partial charge in [-0.25, -0.2) is 0 Å². The lowest BCUT2D eigenvalue weighted by Crippen LogP contribution is -2.56. The third-order valence-electron chi connectivity index (χ3n) is 5.51. The summed E-state index contributed by atoms with van der Waals surface area (Å²) in [6, 6.07) is 4.98. The molecule has 0 unspecified atom stereocenters. The van der Waals surface area contributed by atoms with Crippen LogP contribution in [0, 0.1) is 5.41 Å². The Hall–Kier alpha value is -2.83. The molecule has 2 saturated heterocycles. The van der Waals surface area contributed by atoms with Crippen molar-refractivity contribution in [1.29, 1.82) is 0 Å². The molecule has 2 bridgehead atoms. The van der Waals surface area contributed by atoms with Crippen LogP contribution in [0.5, 0.6) is 11.5 Å². The van der Waals surface area contributed by atoms with E-state index in [0.717, 1.165) is 25.7 Å². The number of amides is 1. The lowest BCUT2D eigenvalue weighted by Gasteiger charge is -2.49. The van der Waals surface area contributed by atoms with Gasteiger partial charge >= 0.3 is 11.9 Å². The standard InChI is InChI=1S/C21H25NO6/c1-14(23)27-16-6-4-15(12-17(16)26-3)5-7-18(24)22-13-21-10-8-20(2,9-11-21)28-19(21)25/h4-7,12H,8-11,13H2,1-3H3,(H,22,24)/b7-5+. The van der Waals surface area contributed by atoms with Gasteiger partial charge in [0.15, 0.2) is 11.5 Å². The molecule has 1 aliphatic carbocycles. The Kier molecular flexibility index (Phi) is 5.45. The number of esters is 2. The molecule has 3 aliphatic rings. The quantitative estimate of drug-likeness (QED) is 0.458. The average molecular weight is 387 g/mol. The first-order chi connectivity index (χ1) is 13.3. The zero-order valence-electron chi connectivity index (χ0n) is 16.4. The SMILES string of the molecule is COc1cc(/C=C/C(=O)NCC23CCC(C)(CC2)OC3=O)ccc1OC(C)=O. The van der Waals surface area contributed by atoms with Crippen LogP contribution in [-0.2, 0) is 19.1 Å². The van der Waals surface area contributed by atoms with E-state index in [-0.39, 0.29) is 24.0 Å². The molecule has 1 amide bonds. The monoisotopic (exact) mass is 387 g/mol. The highest BCUT2D eigenvalue weighted by Crippen LogP contribution is 2.49. The number of ether oxygens (including phenoxy) is 3. The number of fused-ring (bicyclic) bond motifs is 3. The highest BCUT2D eigenvalue weighted by molar-refractivity contribution is 5.92. The first-order valence-corrected chi connectivity index (χ1v) is 9.31. The maximum absolute atomic E-state index is 12.3. The summed E-state index contributed by atoms with van der Waals surface area (Å²) in [7, 11) is 1.47. The van der Waals surface area contributed by atoms with Crippen molar-refractivity contribution in [1.82, 2.24) is 5.32 Å². The third kappa shape index (κ3) is 4.18. The zero-order chi connectivity index (χ0) is 20.4. The lowest BCUT2D eigenvalue weighted by atomic mass is 9.66. The molecule has 0 aromatic heterocycles. The fraction of sp³-hybridized carbons (Fsp3) is 0.476. The van der Waals surface area contributed by atoms with Gasteiger partial charge in [-0.1, -0.05) is 6.07 Å². The Labute approximate surface area is 164 Å². The van der Waals surface area contributed by atoms with Gasteiger partial charge < -0.3 is 19.5 Å². The van der Waals surface area contributed by atoms with E-state index in [1.54, 1.807) is 24.3 Å². The summed E-state index contributed by atoms with van der Waals surface area (Å²) in [5.41, 5.74) is -0.220. The number of rotatable bonds is 6. The van der Waals surface area contributed by atoms with E-state index in [2.05, 4.69) is 5.32 Å². The number of carbonyl (C=O) groups excluding carboxylic acids is 3. The van der Waals surface area contributed by atoms with Crippen LogP contribution in [0.15, 0.2) is 24.3 Å². The molecular weight excluding hydrogens is 362 g/mol. The van der Waals surface area contributed by atoms with E-state index < -0.39 is 11.4 Å². The van der Waals surface area contributed by atoms with E-state index >= 15 is 0 Å². The number of hydrogen-bond donors (Lipinski definition) is 1. The van der Waals surface area contributed by atoms with Gasteiger partial charge in [0, 0.05) is 19.5 Å². The molecular formula is C21H25NO6. The minimum Gasteiger partial charge on any atom is -0.493 e. The zero-order valence-corrected chi connectivity index (χ0v) is 16.4. The topological polar surface area (TPSA) is 90.9 Å². The summed E-state index contributed by atoms with van der Waals surface area (Å²) >= 11 is 0. The van der Waals surface area contributed by atoms with Crippen LogP contribution >= 0.6 is 0 Å². The maximum atomic E-state index is 12.3. The molecule has 1 N–H and O–H groups in total. The fourth-order valence-corrected chi connectivity index (χ4v) is 3.66. The van der Waals surface area contributed by atoms with Gasteiger partial charge in [0.1, 0.15) is 5.60 Å². The number of nitrogens with one attached hydrogen (secondary N) is 1. The normalized spacial score (nSPS) is 26.0. The number of carbonyl (C=O) groups is 3. The first-order valence-electron chi connectivity index (χ1n) is 9.31. The second-order valence-electron chi connectivity index (χ2n) is 7.67. The van der Waals surface area contributed by atoms with E-state index in [0.29, 0.717) is 17.1 Å². The van der Waals surface area contributed by atoms with Crippen molar-refractivity contribution in [3.05, 3.63) is 29.8 Å². The predicted octanol–water partition coefficient (Wildman–Crippen LogP) is 2.63. The summed E-state index contributed by atoms with van der Waals surface area (Å²) in [5.74, 6) is -0.223. The molecule has 2 aliphatic heterocycles. The van der Waals surface area contributed by atoms with Gasteiger partial charge in [0.25, 0.3) is 0 Å². The van der Waals surface area contributed by atoms with Gasteiger partial charge in [-0.15, -0.1) is 0 Å².